The highest BCUT2D eigenvalue weighted by atomic mass is 35.6. The van der Waals surface area contributed by atoms with Crippen LogP contribution in [0.3, 0.4) is 0 Å². The molecule has 0 bridgehead atoms. The fraction of sp³-hybridized carbons (Fsp3) is 0.462. The van der Waals surface area contributed by atoms with E-state index in [0.717, 1.165) is 37.8 Å². The third-order valence-electron chi connectivity index (χ3n) is 3.68. The molecule has 102 valence electrons. The van der Waals surface area contributed by atoms with Crippen molar-refractivity contribution in [2.24, 2.45) is 0 Å². The second-order valence-electron chi connectivity index (χ2n) is 4.84. The van der Waals surface area contributed by atoms with Crippen molar-refractivity contribution in [1.29, 1.82) is 0 Å². The molecule has 1 amide bonds. The van der Waals surface area contributed by atoms with E-state index in [9.17, 15) is 4.79 Å². The van der Waals surface area contributed by atoms with E-state index in [2.05, 4.69) is 16.1 Å². The second kappa shape index (κ2) is 4.72. The SMILES string of the molecule is O=C(Nc1c2c(cc3c1CC3)CCC2)OC(Cl)(Cl)Cl. The molecule has 0 aromatic heterocycles. The first kappa shape index (κ1) is 13.3. The number of hydrogen-bond acceptors (Lipinski definition) is 2. The summed E-state index contributed by atoms with van der Waals surface area (Å²) in [5.74, 6) is 0. The van der Waals surface area contributed by atoms with Crippen molar-refractivity contribution >= 4 is 46.6 Å². The number of benzene rings is 1. The van der Waals surface area contributed by atoms with Gasteiger partial charge in [0.1, 0.15) is 0 Å². The van der Waals surface area contributed by atoms with Crippen molar-refractivity contribution < 1.29 is 9.53 Å². The Hall–Kier alpha value is -0.640. The van der Waals surface area contributed by atoms with Gasteiger partial charge in [-0.05, 0) is 89.2 Å². The van der Waals surface area contributed by atoms with E-state index in [-0.39, 0.29) is 0 Å². The molecule has 3 nitrogen and oxygen atoms in total. The number of carbonyl (C=O) groups excluding carboxylic acids is 1. The van der Waals surface area contributed by atoms with Crippen LogP contribution < -0.4 is 5.32 Å². The lowest BCUT2D eigenvalue weighted by Crippen LogP contribution is -2.24. The minimum Gasteiger partial charge on any atom is -0.398 e. The molecule has 3 rings (SSSR count). The molecule has 2 aliphatic rings. The number of fused-ring (bicyclic) bond motifs is 2. The van der Waals surface area contributed by atoms with E-state index in [1.54, 1.807) is 0 Å². The predicted octanol–water partition coefficient (Wildman–Crippen LogP) is 4.15. The number of anilines is 1. The molecule has 6 heteroatoms. The summed E-state index contributed by atoms with van der Waals surface area (Å²) in [6, 6.07) is 2.26. The molecule has 1 aromatic carbocycles. The maximum Gasteiger partial charge on any atom is 0.415 e. The van der Waals surface area contributed by atoms with Gasteiger partial charge in [-0.1, -0.05) is 6.07 Å². The van der Waals surface area contributed by atoms with Crippen molar-refractivity contribution in [1.82, 2.24) is 0 Å². The van der Waals surface area contributed by atoms with Gasteiger partial charge in [0.15, 0.2) is 0 Å². The monoisotopic (exact) mass is 319 g/mol. The summed E-state index contributed by atoms with van der Waals surface area (Å²) in [5, 5.41) is 2.74. The van der Waals surface area contributed by atoms with Crippen LogP contribution in [-0.4, -0.2) is 10.1 Å². The molecule has 0 unspecified atom stereocenters. The summed E-state index contributed by atoms with van der Waals surface area (Å²) in [5.41, 5.74) is 5.91. The van der Waals surface area contributed by atoms with E-state index in [4.69, 9.17) is 34.8 Å². The van der Waals surface area contributed by atoms with Crippen LogP contribution in [-0.2, 0) is 30.4 Å². The summed E-state index contributed by atoms with van der Waals surface area (Å²) in [6.45, 7) is 0. The Balaban J connectivity index is 1.87. The summed E-state index contributed by atoms with van der Waals surface area (Å²) in [7, 11) is 0. The lowest BCUT2D eigenvalue weighted by atomic mass is 9.83. The summed E-state index contributed by atoms with van der Waals surface area (Å²) >= 11 is 16.3. The highest BCUT2D eigenvalue weighted by Gasteiger charge is 2.29. The van der Waals surface area contributed by atoms with Crippen LogP contribution in [0.1, 0.15) is 28.7 Å². The molecule has 0 heterocycles. The molecule has 19 heavy (non-hydrogen) atoms. The fourth-order valence-corrected chi connectivity index (χ4v) is 3.04. The number of halogens is 3. The molecule has 0 saturated carbocycles. The minimum absolute atomic E-state index is 0.727. The molecule has 0 saturated heterocycles. The van der Waals surface area contributed by atoms with Crippen molar-refractivity contribution in [2.45, 2.75) is 36.1 Å². The average Bonchev–Trinajstić information content (AvgIpc) is 2.67. The molecular weight excluding hydrogens is 309 g/mol. The van der Waals surface area contributed by atoms with Gasteiger partial charge in [0.05, 0.1) is 5.69 Å². The van der Waals surface area contributed by atoms with Crippen LogP contribution in [0, 0.1) is 0 Å². The minimum atomic E-state index is -2.03. The van der Waals surface area contributed by atoms with Crippen molar-refractivity contribution in [3.63, 3.8) is 0 Å². The van der Waals surface area contributed by atoms with E-state index in [0.29, 0.717) is 0 Å². The number of aryl methyl sites for hydroxylation is 2. The highest BCUT2D eigenvalue weighted by molar-refractivity contribution is 6.66. The van der Waals surface area contributed by atoms with Crippen molar-refractivity contribution in [2.75, 3.05) is 5.32 Å². The van der Waals surface area contributed by atoms with Gasteiger partial charge in [-0.25, -0.2) is 4.79 Å². The van der Waals surface area contributed by atoms with Crippen molar-refractivity contribution in [3.05, 3.63) is 28.3 Å². The van der Waals surface area contributed by atoms with Gasteiger partial charge in [0.25, 0.3) is 0 Å². The quantitative estimate of drug-likeness (QED) is 0.789. The van der Waals surface area contributed by atoms with Gasteiger partial charge in [0, 0.05) is 0 Å². The predicted molar refractivity (Wildman–Crippen MR) is 76.3 cm³/mol. The summed E-state index contributed by atoms with van der Waals surface area (Å²) < 4.78 is 2.63. The zero-order valence-electron chi connectivity index (χ0n) is 10.1. The van der Waals surface area contributed by atoms with Gasteiger partial charge >= 0.3 is 10.1 Å². The van der Waals surface area contributed by atoms with E-state index < -0.39 is 10.1 Å². The van der Waals surface area contributed by atoms with Crippen LogP contribution in [0.2, 0.25) is 0 Å². The first-order valence-corrected chi connectivity index (χ1v) is 7.30. The largest absolute Gasteiger partial charge is 0.415 e. The molecular formula is C13H12Cl3NO2. The number of carbonyl (C=O) groups is 1. The standard InChI is InChI=1S/C13H12Cl3NO2/c14-13(15,16)19-12(18)17-11-9-3-1-2-7(9)6-8-4-5-10(8)11/h6H,1-5H2,(H,17,18). The number of ether oxygens (including phenoxy) is 1. The summed E-state index contributed by atoms with van der Waals surface area (Å²) in [6.07, 6.45) is 4.48. The molecule has 1 aromatic rings. The normalized spacial score (nSPS) is 16.4. The molecule has 2 aliphatic carbocycles. The Labute approximate surface area is 126 Å². The van der Waals surface area contributed by atoms with Crippen LogP contribution >= 0.6 is 34.8 Å². The molecule has 1 N–H and O–H groups in total. The molecule has 0 fully saturated rings. The Morgan fingerprint density at radius 2 is 1.79 bits per heavy atom. The smallest absolute Gasteiger partial charge is 0.398 e. The number of amides is 1. The van der Waals surface area contributed by atoms with Crippen LogP contribution in [0.25, 0.3) is 0 Å². The Morgan fingerprint density at radius 1 is 1.11 bits per heavy atom. The van der Waals surface area contributed by atoms with Crippen LogP contribution in [0.15, 0.2) is 6.07 Å². The van der Waals surface area contributed by atoms with E-state index in [1.807, 2.05) is 0 Å². The third-order valence-corrected chi connectivity index (χ3v) is 3.91. The van der Waals surface area contributed by atoms with E-state index in [1.165, 1.54) is 22.3 Å². The molecule has 0 spiro atoms. The molecule has 0 atom stereocenters. The highest BCUT2D eigenvalue weighted by Crippen LogP contribution is 2.40. The Morgan fingerprint density at radius 3 is 2.42 bits per heavy atom. The van der Waals surface area contributed by atoms with Gasteiger partial charge in [-0.3, -0.25) is 5.32 Å². The summed E-state index contributed by atoms with van der Waals surface area (Å²) in [4.78, 5) is 11.7. The van der Waals surface area contributed by atoms with Crippen LogP contribution in [0.4, 0.5) is 10.5 Å². The van der Waals surface area contributed by atoms with E-state index >= 15 is 0 Å². The number of alkyl halides is 3. The van der Waals surface area contributed by atoms with Crippen molar-refractivity contribution in [3.8, 4) is 0 Å². The third kappa shape index (κ3) is 2.64. The molecule has 0 aliphatic heterocycles. The van der Waals surface area contributed by atoms with Gasteiger partial charge in [-0.2, -0.15) is 0 Å². The fourth-order valence-electron chi connectivity index (χ4n) is 2.83. The lowest BCUT2D eigenvalue weighted by molar-refractivity contribution is 0.160. The maximum absolute atomic E-state index is 11.7. The van der Waals surface area contributed by atoms with Crippen LogP contribution in [0.5, 0.6) is 0 Å². The average molecular weight is 321 g/mol. The lowest BCUT2D eigenvalue weighted by Gasteiger charge is -2.26. The Kier molecular flexibility index (Phi) is 3.32. The number of hydrogen-bond donors (Lipinski definition) is 1. The number of rotatable bonds is 1. The van der Waals surface area contributed by atoms with Gasteiger partial charge in [-0.15, -0.1) is 0 Å². The maximum atomic E-state index is 11.7. The molecule has 0 radical (unpaired) electrons. The zero-order chi connectivity index (χ0) is 13.6. The first-order valence-electron chi connectivity index (χ1n) is 6.17. The topological polar surface area (TPSA) is 38.3 Å². The van der Waals surface area contributed by atoms with Gasteiger partial charge in [0.2, 0.25) is 0 Å². The van der Waals surface area contributed by atoms with Gasteiger partial charge < -0.3 is 4.74 Å². The Bertz CT molecular complexity index is 552. The second-order valence-corrected chi connectivity index (χ2v) is 7.02. The number of nitrogens with one attached hydrogen (secondary N) is 1. The first-order chi connectivity index (χ1) is 8.94. The zero-order valence-corrected chi connectivity index (χ0v) is 12.3.